The first-order valence-electron chi connectivity index (χ1n) is 8.01. The molecule has 0 amide bonds. The number of ketones is 1. The van der Waals surface area contributed by atoms with Crippen molar-refractivity contribution in [3.8, 4) is 11.4 Å². The van der Waals surface area contributed by atoms with Crippen molar-refractivity contribution in [2.45, 2.75) is 23.9 Å². The lowest BCUT2D eigenvalue weighted by Crippen LogP contribution is -2.15. The van der Waals surface area contributed by atoms with Crippen LogP contribution in [0.4, 0.5) is 4.39 Å². The van der Waals surface area contributed by atoms with E-state index in [0.29, 0.717) is 23.1 Å². The van der Waals surface area contributed by atoms with Gasteiger partial charge >= 0.3 is 0 Å². The first-order chi connectivity index (χ1) is 12.6. The van der Waals surface area contributed by atoms with Crippen LogP contribution in [0.5, 0.6) is 0 Å². The number of hydrogen-bond donors (Lipinski definition) is 0. The third kappa shape index (κ3) is 3.88. The maximum Gasteiger partial charge on any atom is 0.192 e. The SMILES string of the molecule is C=CCn1c(S[C@H](C)C(=O)c2ccc(F)cc2)nnc1-c1cccnc1. The summed E-state index contributed by atoms with van der Waals surface area (Å²) in [6.45, 7) is 6.09. The van der Waals surface area contributed by atoms with Gasteiger partial charge in [-0.05, 0) is 43.3 Å². The maximum absolute atomic E-state index is 13.0. The topological polar surface area (TPSA) is 60.7 Å². The number of carbonyl (C=O) groups is 1. The molecule has 1 aromatic carbocycles. The van der Waals surface area contributed by atoms with E-state index >= 15 is 0 Å². The fourth-order valence-electron chi connectivity index (χ4n) is 2.44. The van der Waals surface area contributed by atoms with Crippen molar-refractivity contribution in [1.29, 1.82) is 0 Å². The molecule has 0 bridgehead atoms. The van der Waals surface area contributed by atoms with Crippen LogP contribution in [-0.4, -0.2) is 30.8 Å². The lowest BCUT2D eigenvalue weighted by atomic mass is 10.1. The number of nitrogens with zero attached hydrogens (tertiary/aromatic N) is 4. The Labute approximate surface area is 155 Å². The molecule has 0 fully saturated rings. The van der Waals surface area contributed by atoms with Crippen LogP contribution in [0.15, 0.2) is 66.6 Å². The molecule has 0 saturated carbocycles. The summed E-state index contributed by atoms with van der Waals surface area (Å²) in [7, 11) is 0. The molecule has 2 heterocycles. The van der Waals surface area contributed by atoms with Gasteiger partial charge in [-0.15, -0.1) is 16.8 Å². The molecule has 26 heavy (non-hydrogen) atoms. The highest BCUT2D eigenvalue weighted by Crippen LogP contribution is 2.28. The predicted octanol–water partition coefficient (Wildman–Crippen LogP) is 4.03. The summed E-state index contributed by atoms with van der Waals surface area (Å²) in [5.74, 6) is 0.210. The second-order valence-corrected chi connectivity index (χ2v) is 6.89. The average molecular weight is 368 g/mol. The summed E-state index contributed by atoms with van der Waals surface area (Å²) in [5.41, 5.74) is 1.31. The van der Waals surface area contributed by atoms with Gasteiger partial charge in [0.15, 0.2) is 16.8 Å². The monoisotopic (exact) mass is 368 g/mol. The van der Waals surface area contributed by atoms with E-state index in [0.717, 1.165) is 5.56 Å². The van der Waals surface area contributed by atoms with Crippen molar-refractivity contribution in [3.63, 3.8) is 0 Å². The number of aromatic nitrogens is 4. The number of rotatable bonds is 7. The van der Waals surface area contributed by atoms with Crippen LogP contribution in [0.3, 0.4) is 0 Å². The van der Waals surface area contributed by atoms with Gasteiger partial charge in [0.05, 0.1) is 5.25 Å². The fraction of sp³-hybridized carbons (Fsp3) is 0.158. The Morgan fingerprint density at radius 1 is 1.31 bits per heavy atom. The molecule has 0 aliphatic rings. The van der Waals surface area contributed by atoms with Crippen LogP contribution < -0.4 is 0 Å². The van der Waals surface area contributed by atoms with Crippen LogP contribution in [0.2, 0.25) is 0 Å². The fourth-order valence-corrected chi connectivity index (χ4v) is 3.37. The van der Waals surface area contributed by atoms with E-state index in [-0.39, 0.29) is 11.6 Å². The van der Waals surface area contributed by atoms with Gasteiger partial charge < -0.3 is 0 Å². The highest BCUT2D eigenvalue weighted by Gasteiger charge is 2.21. The van der Waals surface area contributed by atoms with Crippen molar-refractivity contribution in [2.75, 3.05) is 0 Å². The molecule has 7 heteroatoms. The first kappa shape index (κ1) is 18.0. The summed E-state index contributed by atoms with van der Waals surface area (Å²) < 4.78 is 14.9. The zero-order valence-corrected chi connectivity index (χ0v) is 15.0. The first-order valence-corrected chi connectivity index (χ1v) is 8.89. The Balaban J connectivity index is 1.85. The van der Waals surface area contributed by atoms with E-state index in [1.54, 1.807) is 25.4 Å². The predicted molar refractivity (Wildman–Crippen MR) is 99.5 cm³/mol. The minimum Gasteiger partial charge on any atom is -0.298 e. The second-order valence-electron chi connectivity index (χ2n) is 5.58. The van der Waals surface area contributed by atoms with Crippen LogP contribution in [0.25, 0.3) is 11.4 Å². The lowest BCUT2D eigenvalue weighted by molar-refractivity contribution is 0.0994. The highest BCUT2D eigenvalue weighted by molar-refractivity contribution is 8.00. The van der Waals surface area contributed by atoms with Crippen molar-refractivity contribution in [3.05, 3.63) is 72.8 Å². The van der Waals surface area contributed by atoms with Crippen LogP contribution in [0.1, 0.15) is 17.3 Å². The van der Waals surface area contributed by atoms with Gasteiger partial charge in [0.25, 0.3) is 0 Å². The van der Waals surface area contributed by atoms with Gasteiger partial charge in [-0.1, -0.05) is 17.8 Å². The van der Waals surface area contributed by atoms with Crippen LogP contribution in [0, 0.1) is 5.82 Å². The van der Waals surface area contributed by atoms with Gasteiger partial charge in [0.2, 0.25) is 0 Å². The molecule has 0 aliphatic carbocycles. The number of benzene rings is 1. The Morgan fingerprint density at radius 3 is 2.73 bits per heavy atom. The van der Waals surface area contributed by atoms with Crippen molar-refractivity contribution in [2.24, 2.45) is 0 Å². The molecule has 0 radical (unpaired) electrons. The molecule has 0 unspecified atom stereocenters. The summed E-state index contributed by atoms with van der Waals surface area (Å²) in [6, 6.07) is 9.28. The zero-order chi connectivity index (χ0) is 18.5. The normalized spacial score (nSPS) is 11.9. The molecule has 2 aromatic heterocycles. The molecule has 132 valence electrons. The smallest absolute Gasteiger partial charge is 0.192 e. The van der Waals surface area contributed by atoms with E-state index in [2.05, 4.69) is 21.8 Å². The van der Waals surface area contributed by atoms with Crippen LogP contribution in [-0.2, 0) is 6.54 Å². The average Bonchev–Trinajstić information content (AvgIpc) is 3.05. The quantitative estimate of drug-likeness (QED) is 0.358. The largest absolute Gasteiger partial charge is 0.298 e. The summed E-state index contributed by atoms with van der Waals surface area (Å²) >= 11 is 1.31. The molecule has 0 N–H and O–H groups in total. The van der Waals surface area contributed by atoms with Crippen molar-refractivity contribution < 1.29 is 9.18 Å². The number of Topliss-reactive ketones (excluding diaryl/α,β-unsaturated/α-hetero) is 1. The standard InChI is InChI=1S/C19H17FN4OS/c1-3-11-24-18(15-5-4-10-21-12-15)22-23-19(24)26-13(2)17(25)14-6-8-16(20)9-7-14/h3-10,12-13H,1,11H2,2H3/t13-/m1/s1. The van der Waals surface area contributed by atoms with E-state index in [9.17, 15) is 9.18 Å². The van der Waals surface area contributed by atoms with Crippen molar-refractivity contribution >= 4 is 17.5 Å². The molecule has 5 nitrogen and oxygen atoms in total. The minimum absolute atomic E-state index is 0.0916. The number of hydrogen-bond acceptors (Lipinski definition) is 5. The van der Waals surface area contributed by atoms with Crippen LogP contribution >= 0.6 is 11.8 Å². The Kier molecular flexibility index (Phi) is 5.58. The zero-order valence-electron chi connectivity index (χ0n) is 14.2. The molecule has 0 aliphatic heterocycles. The Morgan fingerprint density at radius 2 is 2.08 bits per heavy atom. The van der Waals surface area contributed by atoms with E-state index in [4.69, 9.17) is 0 Å². The number of allylic oxidation sites excluding steroid dienone is 1. The molecule has 1 atom stereocenters. The molecule has 0 spiro atoms. The lowest BCUT2D eigenvalue weighted by Gasteiger charge is -2.12. The van der Waals surface area contributed by atoms with Crippen molar-refractivity contribution in [1.82, 2.24) is 19.7 Å². The molecular formula is C19H17FN4OS. The van der Waals surface area contributed by atoms with E-state index in [1.807, 2.05) is 16.7 Å². The highest BCUT2D eigenvalue weighted by atomic mass is 32.2. The number of halogens is 1. The number of carbonyl (C=O) groups excluding carboxylic acids is 1. The number of pyridine rings is 1. The van der Waals surface area contributed by atoms with Gasteiger partial charge in [-0.2, -0.15) is 0 Å². The Hall–Kier alpha value is -2.80. The molecule has 3 aromatic rings. The van der Waals surface area contributed by atoms with Gasteiger partial charge in [-0.25, -0.2) is 4.39 Å². The molecule has 3 rings (SSSR count). The maximum atomic E-state index is 13.0. The molecule has 0 saturated heterocycles. The second kappa shape index (κ2) is 8.05. The summed E-state index contributed by atoms with van der Waals surface area (Å²) in [4.78, 5) is 16.7. The number of thioether (sulfide) groups is 1. The van der Waals surface area contributed by atoms with E-state index in [1.165, 1.54) is 36.0 Å². The van der Waals surface area contributed by atoms with Gasteiger partial charge in [0.1, 0.15) is 5.82 Å². The van der Waals surface area contributed by atoms with Gasteiger partial charge in [-0.3, -0.25) is 14.3 Å². The third-order valence-electron chi connectivity index (χ3n) is 3.73. The summed E-state index contributed by atoms with van der Waals surface area (Å²) in [5, 5.41) is 8.70. The Bertz CT molecular complexity index is 909. The molecular weight excluding hydrogens is 351 g/mol. The third-order valence-corrected chi connectivity index (χ3v) is 4.81. The minimum atomic E-state index is -0.394. The summed E-state index contributed by atoms with van der Waals surface area (Å²) in [6.07, 6.45) is 5.15. The van der Waals surface area contributed by atoms with E-state index < -0.39 is 5.25 Å². The van der Waals surface area contributed by atoms with Gasteiger partial charge in [0, 0.05) is 30.1 Å².